The Morgan fingerprint density at radius 3 is 2.77 bits per heavy atom. The number of fused-ring (bicyclic) bond motifs is 1. The monoisotopic (exact) mass is 369 g/mol. The van der Waals surface area contributed by atoms with Crippen LogP contribution in [0.2, 0.25) is 0 Å². The molecule has 0 saturated heterocycles. The van der Waals surface area contributed by atoms with Crippen LogP contribution in [-0.4, -0.2) is 37.7 Å². The van der Waals surface area contributed by atoms with Gasteiger partial charge in [0.2, 0.25) is 5.91 Å². The Kier molecular flexibility index (Phi) is 5.22. The fourth-order valence-electron chi connectivity index (χ4n) is 2.58. The van der Waals surface area contributed by atoms with Gasteiger partial charge in [-0.25, -0.2) is 9.97 Å². The molecule has 8 heteroatoms. The molecule has 7 nitrogen and oxygen atoms in total. The third-order valence-electron chi connectivity index (χ3n) is 3.81. The fourth-order valence-corrected chi connectivity index (χ4v) is 3.43. The van der Waals surface area contributed by atoms with E-state index in [4.69, 9.17) is 0 Å². The van der Waals surface area contributed by atoms with E-state index in [1.807, 2.05) is 30.3 Å². The summed E-state index contributed by atoms with van der Waals surface area (Å²) in [7, 11) is 1.78. The van der Waals surface area contributed by atoms with E-state index in [-0.39, 0.29) is 22.7 Å². The van der Waals surface area contributed by atoms with Gasteiger partial charge in [0.05, 0.1) is 5.75 Å². The number of aryl methyl sites for hydroxylation is 2. The second kappa shape index (κ2) is 7.57. The molecule has 0 saturated carbocycles. The van der Waals surface area contributed by atoms with Crippen LogP contribution in [0.15, 0.2) is 52.9 Å². The van der Waals surface area contributed by atoms with Crippen molar-refractivity contribution in [2.24, 2.45) is 7.05 Å². The lowest BCUT2D eigenvalue weighted by molar-refractivity contribution is -0.116. The number of anilines is 1. The van der Waals surface area contributed by atoms with Crippen LogP contribution in [-0.2, 0) is 11.8 Å². The average Bonchev–Trinajstić information content (AvgIpc) is 2.95. The highest BCUT2D eigenvalue weighted by Gasteiger charge is 2.18. The zero-order chi connectivity index (χ0) is 18.7. The summed E-state index contributed by atoms with van der Waals surface area (Å²) in [4.78, 5) is 37.7. The van der Waals surface area contributed by atoms with Crippen molar-refractivity contribution in [1.82, 2.24) is 19.5 Å². The van der Waals surface area contributed by atoms with E-state index >= 15 is 0 Å². The molecule has 0 radical (unpaired) electrons. The lowest BCUT2D eigenvalue weighted by Crippen LogP contribution is -2.32. The topological polar surface area (TPSA) is 83.9 Å². The van der Waals surface area contributed by atoms with Crippen LogP contribution in [0.4, 0.5) is 5.69 Å². The van der Waals surface area contributed by atoms with Gasteiger partial charge in [-0.1, -0.05) is 36.0 Å². The number of carbonyl (C=O) groups excluding carboxylic acids is 1. The second-order valence-corrected chi connectivity index (χ2v) is 6.64. The summed E-state index contributed by atoms with van der Waals surface area (Å²) in [6, 6.07) is 9.44. The molecule has 0 aliphatic carbocycles. The van der Waals surface area contributed by atoms with Crippen LogP contribution in [0.3, 0.4) is 0 Å². The summed E-state index contributed by atoms with van der Waals surface area (Å²) in [6.07, 6.45) is 1.69. The molecular weight excluding hydrogens is 350 g/mol. The summed E-state index contributed by atoms with van der Waals surface area (Å²) in [5.74, 6) is 0.655. The van der Waals surface area contributed by atoms with Crippen LogP contribution >= 0.6 is 11.8 Å². The van der Waals surface area contributed by atoms with Crippen molar-refractivity contribution < 1.29 is 4.79 Å². The molecule has 0 aliphatic heterocycles. The van der Waals surface area contributed by atoms with Crippen LogP contribution in [0.25, 0.3) is 11.2 Å². The third kappa shape index (κ3) is 3.55. The van der Waals surface area contributed by atoms with Crippen molar-refractivity contribution >= 4 is 34.5 Å². The van der Waals surface area contributed by atoms with Crippen LogP contribution in [0.1, 0.15) is 5.82 Å². The molecule has 0 fully saturated rings. The van der Waals surface area contributed by atoms with Gasteiger partial charge in [-0.3, -0.25) is 9.59 Å². The van der Waals surface area contributed by atoms with Crippen molar-refractivity contribution in [2.45, 2.75) is 12.1 Å². The molecule has 1 N–H and O–H groups in total. The van der Waals surface area contributed by atoms with Gasteiger partial charge in [0.1, 0.15) is 5.82 Å². The molecule has 0 atom stereocenters. The van der Waals surface area contributed by atoms with Crippen LogP contribution in [0.5, 0.6) is 0 Å². The van der Waals surface area contributed by atoms with Crippen LogP contribution < -0.4 is 10.5 Å². The first-order chi connectivity index (χ1) is 12.5. The van der Waals surface area contributed by atoms with Gasteiger partial charge in [-0.15, -0.1) is 6.58 Å². The SMILES string of the molecule is C=CCN(C(=O)CSc1nc2c(=O)[nH]c(C)nc2n1C)c1ccccc1. The largest absolute Gasteiger partial charge is 0.309 e. The predicted octanol–water partition coefficient (Wildman–Crippen LogP) is 2.28. The molecule has 0 unspecified atom stereocenters. The Balaban J connectivity index is 1.81. The van der Waals surface area contributed by atoms with E-state index in [1.165, 1.54) is 11.8 Å². The minimum Gasteiger partial charge on any atom is -0.309 e. The van der Waals surface area contributed by atoms with Gasteiger partial charge < -0.3 is 14.5 Å². The zero-order valence-corrected chi connectivity index (χ0v) is 15.4. The molecule has 3 aromatic rings. The Bertz CT molecular complexity index is 1010. The standard InChI is InChI=1S/C18H19N5O2S/c1-4-10-23(13-8-6-5-7-9-13)14(24)11-26-18-21-15-16(22(18)3)19-12(2)20-17(15)25/h4-9H,1,10-11H2,2-3H3,(H,19,20,25). The first-order valence-corrected chi connectivity index (χ1v) is 9.02. The molecule has 2 heterocycles. The number of hydrogen-bond acceptors (Lipinski definition) is 5. The third-order valence-corrected chi connectivity index (χ3v) is 4.83. The number of nitrogens with one attached hydrogen (secondary N) is 1. The Labute approximate surface area is 154 Å². The number of benzene rings is 1. The quantitative estimate of drug-likeness (QED) is 0.532. The minimum atomic E-state index is -0.279. The number of rotatable bonds is 6. The Morgan fingerprint density at radius 1 is 1.35 bits per heavy atom. The average molecular weight is 369 g/mol. The first kappa shape index (κ1) is 17.9. The van der Waals surface area contributed by atoms with E-state index in [0.29, 0.717) is 23.2 Å². The predicted molar refractivity (Wildman–Crippen MR) is 104 cm³/mol. The van der Waals surface area contributed by atoms with E-state index in [0.717, 1.165) is 5.69 Å². The highest BCUT2D eigenvalue weighted by Crippen LogP contribution is 2.22. The maximum atomic E-state index is 12.7. The van der Waals surface area contributed by atoms with Gasteiger partial charge in [-0.2, -0.15) is 0 Å². The molecular formula is C18H19N5O2S. The van der Waals surface area contributed by atoms with Gasteiger partial charge >= 0.3 is 0 Å². The summed E-state index contributed by atoms with van der Waals surface area (Å²) in [5, 5.41) is 0.573. The van der Waals surface area contributed by atoms with Gasteiger partial charge in [0.15, 0.2) is 16.3 Å². The second-order valence-electron chi connectivity index (χ2n) is 5.69. The van der Waals surface area contributed by atoms with E-state index in [2.05, 4.69) is 21.5 Å². The molecule has 134 valence electrons. The number of thioether (sulfide) groups is 1. The van der Waals surface area contributed by atoms with Crippen molar-refractivity contribution in [2.75, 3.05) is 17.2 Å². The summed E-state index contributed by atoms with van der Waals surface area (Å²) in [5.41, 5.74) is 1.32. The molecule has 1 aromatic carbocycles. The normalized spacial score (nSPS) is 10.8. The number of hydrogen-bond donors (Lipinski definition) is 1. The van der Waals surface area contributed by atoms with Crippen molar-refractivity contribution in [3.8, 4) is 0 Å². The Hall–Kier alpha value is -2.87. The first-order valence-electron chi connectivity index (χ1n) is 8.03. The maximum absolute atomic E-state index is 12.7. The number of nitrogens with zero attached hydrogens (tertiary/aromatic N) is 4. The molecule has 2 aromatic heterocycles. The number of carbonyl (C=O) groups is 1. The smallest absolute Gasteiger partial charge is 0.279 e. The van der Waals surface area contributed by atoms with Gasteiger partial charge in [0, 0.05) is 19.3 Å². The number of amides is 1. The van der Waals surface area contributed by atoms with Crippen LogP contribution in [0, 0.1) is 6.92 Å². The molecule has 26 heavy (non-hydrogen) atoms. The zero-order valence-electron chi connectivity index (χ0n) is 14.6. The number of imidazole rings is 1. The van der Waals surface area contributed by atoms with Crippen molar-refractivity contribution in [1.29, 1.82) is 0 Å². The lowest BCUT2D eigenvalue weighted by atomic mass is 10.3. The fraction of sp³-hybridized carbons (Fsp3) is 0.222. The summed E-state index contributed by atoms with van der Waals surface area (Å²) >= 11 is 1.28. The molecule has 0 aliphatic rings. The number of aromatic nitrogens is 4. The number of aromatic amines is 1. The van der Waals surface area contributed by atoms with Crippen molar-refractivity contribution in [3.63, 3.8) is 0 Å². The maximum Gasteiger partial charge on any atom is 0.279 e. The molecule has 1 amide bonds. The summed E-state index contributed by atoms with van der Waals surface area (Å²) < 4.78 is 1.73. The van der Waals surface area contributed by atoms with Gasteiger partial charge in [0.25, 0.3) is 5.56 Å². The Morgan fingerprint density at radius 2 is 2.08 bits per heavy atom. The molecule has 0 spiro atoms. The van der Waals surface area contributed by atoms with E-state index in [9.17, 15) is 9.59 Å². The van der Waals surface area contributed by atoms with Crippen molar-refractivity contribution in [3.05, 3.63) is 59.2 Å². The minimum absolute atomic E-state index is 0.0637. The summed E-state index contributed by atoms with van der Waals surface area (Å²) in [6.45, 7) is 5.87. The van der Waals surface area contributed by atoms with E-state index < -0.39 is 0 Å². The number of H-pyrrole nitrogens is 1. The highest BCUT2D eigenvalue weighted by atomic mass is 32.2. The lowest BCUT2D eigenvalue weighted by Gasteiger charge is -2.21. The van der Waals surface area contributed by atoms with Gasteiger partial charge in [-0.05, 0) is 19.1 Å². The number of para-hydroxylation sites is 1. The molecule has 3 rings (SSSR count). The highest BCUT2D eigenvalue weighted by molar-refractivity contribution is 7.99. The van der Waals surface area contributed by atoms with E-state index in [1.54, 1.807) is 29.5 Å². The molecule has 0 bridgehead atoms.